The molecule has 1 unspecified atom stereocenters. The van der Waals surface area contributed by atoms with Crippen molar-refractivity contribution in [3.8, 4) is 0 Å². The van der Waals surface area contributed by atoms with Crippen LogP contribution in [0.15, 0.2) is 29.2 Å². The summed E-state index contributed by atoms with van der Waals surface area (Å²) in [6, 6.07) is 4.49. The smallest absolute Gasteiger partial charge is 0.128 e. The molecule has 1 atom stereocenters. The van der Waals surface area contributed by atoms with E-state index in [1.807, 2.05) is 25.8 Å². The van der Waals surface area contributed by atoms with Gasteiger partial charge in [0.2, 0.25) is 0 Å². The SMILES string of the molecule is CNC(C)c1ccc(N(C)Cc2cscn2)nc1. The second-order valence-corrected chi connectivity index (χ2v) is 5.01. The van der Waals surface area contributed by atoms with Gasteiger partial charge in [-0.1, -0.05) is 6.07 Å². The molecule has 0 radical (unpaired) electrons. The number of hydrogen-bond donors (Lipinski definition) is 1. The average Bonchev–Trinajstić information content (AvgIpc) is 2.91. The summed E-state index contributed by atoms with van der Waals surface area (Å²) >= 11 is 1.62. The minimum absolute atomic E-state index is 0.329. The van der Waals surface area contributed by atoms with Crippen molar-refractivity contribution in [2.24, 2.45) is 0 Å². The van der Waals surface area contributed by atoms with Crippen LogP contribution in [-0.2, 0) is 6.54 Å². The third-order valence-electron chi connectivity index (χ3n) is 2.98. The van der Waals surface area contributed by atoms with Crippen LogP contribution in [-0.4, -0.2) is 24.1 Å². The van der Waals surface area contributed by atoms with E-state index in [0.717, 1.165) is 18.1 Å². The fourth-order valence-electron chi connectivity index (χ4n) is 1.69. The van der Waals surface area contributed by atoms with Crippen molar-refractivity contribution in [2.45, 2.75) is 19.5 Å². The Morgan fingerprint density at radius 1 is 1.39 bits per heavy atom. The molecule has 0 saturated carbocycles. The second-order valence-electron chi connectivity index (χ2n) is 4.30. The van der Waals surface area contributed by atoms with E-state index in [1.54, 1.807) is 11.3 Å². The minimum Gasteiger partial charge on any atom is -0.354 e. The number of pyridine rings is 1. The molecule has 5 heteroatoms. The summed E-state index contributed by atoms with van der Waals surface area (Å²) in [5, 5.41) is 5.27. The fourth-order valence-corrected chi connectivity index (χ4v) is 2.24. The normalized spacial score (nSPS) is 12.4. The summed E-state index contributed by atoms with van der Waals surface area (Å²) in [4.78, 5) is 10.9. The molecule has 2 aromatic heterocycles. The van der Waals surface area contributed by atoms with Gasteiger partial charge in [-0.15, -0.1) is 11.3 Å². The molecule has 0 aromatic carbocycles. The lowest BCUT2D eigenvalue weighted by Gasteiger charge is -2.18. The molecular formula is C13H18N4S. The van der Waals surface area contributed by atoms with Gasteiger partial charge >= 0.3 is 0 Å². The first-order valence-electron chi connectivity index (χ1n) is 5.92. The molecule has 0 amide bonds. The van der Waals surface area contributed by atoms with Gasteiger partial charge < -0.3 is 10.2 Å². The third-order valence-corrected chi connectivity index (χ3v) is 3.61. The van der Waals surface area contributed by atoms with E-state index in [0.29, 0.717) is 6.04 Å². The summed E-state index contributed by atoms with van der Waals surface area (Å²) < 4.78 is 0. The zero-order chi connectivity index (χ0) is 13.0. The first-order valence-corrected chi connectivity index (χ1v) is 6.86. The predicted molar refractivity (Wildman–Crippen MR) is 75.9 cm³/mol. The van der Waals surface area contributed by atoms with Crippen LogP contribution < -0.4 is 10.2 Å². The van der Waals surface area contributed by atoms with Crippen molar-refractivity contribution in [3.63, 3.8) is 0 Å². The molecule has 0 aliphatic heterocycles. The van der Waals surface area contributed by atoms with Crippen molar-refractivity contribution < 1.29 is 0 Å². The quantitative estimate of drug-likeness (QED) is 0.898. The summed E-state index contributed by atoms with van der Waals surface area (Å²) in [6.07, 6.45) is 1.92. The molecule has 96 valence electrons. The van der Waals surface area contributed by atoms with Crippen LogP contribution in [0.25, 0.3) is 0 Å². The lowest BCUT2D eigenvalue weighted by Crippen LogP contribution is -2.18. The average molecular weight is 262 g/mol. The zero-order valence-electron chi connectivity index (χ0n) is 10.9. The van der Waals surface area contributed by atoms with Crippen LogP contribution in [0.1, 0.15) is 24.2 Å². The monoisotopic (exact) mass is 262 g/mol. The van der Waals surface area contributed by atoms with E-state index in [1.165, 1.54) is 5.56 Å². The van der Waals surface area contributed by atoms with E-state index in [9.17, 15) is 0 Å². The Morgan fingerprint density at radius 2 is 2.22 bits per heavy atom. The molecular weight excluding hydrogens is 244 g/mol. The molecule has 4 nitrogen and oxygen atoms in total. The first kappa shape index (κ1) is 13.0. The number of nitrogens with one attached hydrogen (secondary N) is 1. The number of anilines is 1. The highest BCUT2D eigenvalue weighted by atomic mass is 32.1. The van der Waals surface area contributed by atoms with Gasteiger partial charge in [-0.3, -0.25) is 0 Å². The maximum absolute atomic E-state index is 4.49. The Balaban J connectivity index is 2.04. The highest BCUT2D eigenvalue weighted by Gasteiger charge is 2.07. The minimum atomic E-state index is 0.329. The highest BCUT2D eigenvalue weighted by Crippen LogP contribution is 2.16. The van der Waals surface area contributed by atoms with E-state index >= 15 is 0 Å². The van der Waals surface area contributed by atoms with Crippen LogP contribution in [0.3, 0.4) is 0 Å². The molecule has 0 bridgehead atoms. The zero-order valence-corrected chi connectivity index (χ0v) is 11.7. The van der Waals surface area contributed by atoms with Gasteiger partial charge in [-0.05, 0) is 25.6 Å². The van der Waals surface area contributed by atoms with Crippen molar-refractivity contribution in [1.82, 2.24) is 15.3 Å². The number of rotatable bonds is 5. The van der Waals surface area contributed by atoms with Gasteiger partial charge in [0.15, 0.2) is 0 Å². The molecule has 18 heavy (non-hydrogen) atoms. The molecule has 0 aliphatic carbocycles. The maximum Gasteiger partial charge on any atom is 0.128 e. The number of aromatic nitrogens is 2. The van der Waals surface area contributed by atoms with Crippen LogP contribution in [0.2, 0.25) is 0 Å². The van der Waals surface area contributed by atoms with Crippen LogP contribution in [0.4, 0.5) is 5.82 Å². The molecule has 2 rings (SSSR count). The number of hydrogen-bond acceptors (Lipinski definition) is 5. The largest absolute Gasteiger partial charge is 0.354 e. The van der Waals surface area contributed by atoms with Gasteiger partial charge in [0.25, 0.3) is 0 Å². The van der Waals surface area contributed by atoms with Gasteiger partial charge in [0, 0.05) is 24.7 Å². The van der Waals surface area contributed by atoms with E-state index in [4.69, 9.17) is 0 Å². The molecule has 2 heterocycles. The first-order chi connectivity index (χ1) is 8.70. The lowest BCUT2D eigenvalue weighted by atomic mass is 10.1. The van der Waals surface area contributed by atoms with Gasteiger partial charge in [-0.25, -0.2) is 9.97 Å². The molecule has 0 aliphatic rings. The molecule has 0 fully saturated rings. The Morgan fingerprint density at radius 3 is 2.78 bits per heavy atom. The summed E-state index contributed by atoms with van der Waals surface area (Å²) in [5.41, 5.74) is 4.13. The highest BCUT2D eigenvalue weighted by molar-refractivity contribution is 7.07. The van der Waals surface area contributed by atoms with Crippen LogP contribution in [0.5, 0.6) is 0 Å². The Bertz CT molecular complexity index is 466. The maximum atomic E-state index is 4.49. The fraction of sp³-hybridized carbons (Fsp3) is 0.385. The molecule has 0 saturated heterocycles. The summed E-state index contributed by atoms with van der Waals surface area (Å²) in [7, 11) is 3.98. The lowest BCUT2D eigenvalue weighted by molar-refractivity contribution is 0.649. The Kier molecular flexibility index (Phi) is 4.28. The standard InChI is InChI=1S/C13H18N4S/c1-10(14-2)11-4-5-13(15-6-11)17(3)7-12-8-18-9-16-12/h4-6,8-10,14H,7H2,1-3H3. The molecule has 2 aromatic rings. The third kappa shape index (κ3) is 3.05. The van der Waals surface area contributed by atoms with Crippen molar-refractivity contribution in [3.05, 3.63) is 40.5 Å². The van der Waals surface area contributed by atoms with Gasteiger partial charge in [0.1, 0.15) is 5.82 Å². The summed E-state index contributed by atoms with van der Waals surface area (Å²) in [6.45, 7) is 2.91. The van der Waals surface area contributed by atoms with Crippen LogP contribution >= 0.6 is 11.3 Å². The molecule has 1 N–H and O–H groups in total. The topological polar surface area (TPSA) is 41.0 Å². The van der Waals surface area contributed by atoms with E-state index < -0.39 is 0 Å². The van der Waals surface area contributed by atoms with Crippen molar-refractivity contribution >= 4 is 17.2 Å². The molecule has 0 spiro atoms. The Hall–Kier alpha value is -1.46. The van der Waals surface area contributed by atoms with Crippen molar-refractivity contribution in [2.75, 3.05) is 19.0 Å². The second kappa shape index (κ2) is 5.93. The van der Waals surface area contributed by atoms with Gasteiger partial charge in [0.05, 0.1) is 17.7 Å². The van der Waals surface area contributed by atoms with Crippen molar-refractivity contribution in [1.29, 1.82) is 0 Å². The van der Waals surface area contributed by atoms with E-state index in [-0.39, 0.29) is 0 Å². The number of nitrogens with zero attached hydrogens (tertiary/aromatic N) is 3. The summed E-state index contributed by atoms with van der Waals surface area (Å²) in [5.74, 6) is 0.968. The predicted octanol–water partition coefficient (Wildman–Crippen LogP) is 2.45. The van der Waals surface area contributed by atoms with E-state index in [2.05, 4.69) is 44.6 Å². The van der Waals surface area contributed by atoms with Crippen LogP contribution in [0, 0.1) is 0 Å². The Labute approximate surface area is 112 Å². The number of thiazole rings is 1. The van der Waals surface area contributed by atoms with Gasteiger partial charge in [-0.2, -0.15) is 0 Å².